The Balaban J connectivity index is 2.02. The first-order valence-electron chi connectivity index (χ1n) is 6.29. The second kappa shape index (κ2) is 5.86. The smallest absolute Gasteiger partial charge is 0.223 e. The molecule has 0 atom stereocenters. The van der Waals surface area contributed by atoms with Crippen LogP contribution in [0.2, 0.25) is 0 Å². The van der Waals surface area contributed by atoms with E-state index in [9.17, 15) is 0 Å². The molecule has 0 spiro atoms. The summed E-state index contributed by atoms with van der Waals surface area (Å²) in [6.45, 7) is 2.84. The highest BCUT2D eigenvalue weighted by Gasteiger charge is 2.20. The number of aromatic nitrogens is 2. The number of nitrogens with one attached hydrogen (secondary N) is 1. The van der Waals surface area contributed by atoms with Crippen molar-refractivity contribution in [2.75, 3.05) is 49.8 Å². The third kappa shape index (κ3) is 3.01. The van der Waals surface area contributed by atoms with Crippen LogP contribution >= 0.6 is 0 Å². The van der Waals surface area contributed by atoms with E-state index in [1.54, 1.807) is 7.11 Å². The molecule has 0 aromatic carbocycles. The van der Waals surface area contributed by atoms with Crippen LogP contribution in [0, 0.1) is 5.92 Å². The third-order valence-electron chi connectivity index (χ3n) is 3.33. The van der Waals surface area contributed by atoms with Gasteiger partial charge in [0.25, 0.3) is 0 Å². The van der Waals surface area contributed by atoms with E-state index in [4.69, 9.17) is 10.5 Å². The molecule has 2 heterocycles. The van der Waals surface area contributed by atoms with Crippen molar-refractivity contribution in [2.24, 2.45) is 5.92 Å². The molecule has 1 aliphatic heterocycles. The van der Waals surface area contributed by atoms with Gasteiger partial charge in [0.2, 0.25) is 5.95 Å². The molecule has 1 fully saturated rings. The first-order valence-corrected chi connectivity index (χ1v) is 6.29. The molecule has 1 aromatic rings. The van der Waals surface area contributed by atoms with Crippen LogP contribution in [0.15, 0.2) is 6.07 Å². The van der Waals surface area contributed by atoms with Crippen LogP contribution in [0.25, 0.3) is 0 Å². The van der Waals surface area contributed by atoms with Gasteiger partial charge in [0, 0.05) is 39.9 Å². The van der Waals surface area contributed by atoms with E-state index in [2.05, 4.69) is 20.2 Å². The van der Waals surface area contributed by atoms with Gasteiger partial charge >= 0.3 is 0 Å². The molecular formula is C12H21N5O. The molecule has 0 unspecified atom stereocenters. The topological polar surface area (TPSA) is 76.3 Å². The standard InChI is InChI=1S/C12H21N5O/c1-14-10-7-11(16-12(13)15-10)17-5-3-9(4-6-17)8-18-2/h7,9H,3-6,8H2,1-2H3,(H3,13,14,15,16). The SMILES string of the molecule is CNc1cc(N2CCC(COC)CC2)nc(N)n1. The van der Waals surface area contributed by atoms with Gasteiger partial charge in [0.1, 0.15) is 11.6 Å². The fourth-order valence-electron chi connectivity index (χ4n) is 2.31. The Kier molecular flexibility index (Phi) is 4.19. The van der Waals surface area contributed by atoms with E-state index in [-0.39, 0.29) is 0 Å². The monoisotopic (exact) mass is 251 g/mol. The van der Waals surface area contributed by atoms with E-state index < -0.39 is 0 Å². The minimum Gasteiger partial charge on any atom is -0.384 e. The molecule has 0 saturated carbocycles. The average Bonchev–Trinajstić information content (AvgIpc) is 2.39. The van der Waals surface area contributed by atoms with Gasteiger partial charge in [-0.25, -0.2) is 0 Å². The predicted octanol–water partition coefficient (Wildman–Crippen LogP) is 0.963. The molecule has 6 nitrogen and oxygen atoms in total. The van der Waals surface area contributed by atoms with Crippen molar-refractivity contribution in [3.63, 3.8) is 0 Å². The Morgan fingerprint density at radius 2 is 2.17 bits per heavy atom. The summed E-state index contributed by atoms with van der Waals surface area (Å²) in [4.78, 5) is 10.7. The molecule has 18 heavy (non-hydrogen) atoms. The summed E-state index contributed by atoms with van der Waals surface area (Å²) >= 11 is 0. The lowest BCUT2D eigenvalue weighted by Gasteiger charge is -2.32. The minimum absolute atomic E-state index is 0.316. The molecule has 0 radical (unpaired) electrons. The zero-order valence-electron chi connectivity index (χ0n) is 11.0. The van der Waals surface area contributed by atoms with Crippen molar-refractivity contribution in [1.29, 1.82) is 0 Å². The molecular weight excluding hydrogens is 230 g/mol. The molecule has 1 aromatic heterocycles. The van der Waals surface area contributed by atoms with Gasteiger partial charge in [-0.2, -0.15) is 9.97 Å². The lowest BCUT2D eigenvalue weighted by Crippen LogP contribution is -2.35. The Hall–Kier alpha value is -1.56. The van der Waals surface area contributed by atoms with Crippen molar-refractivity contribution in [3.05, 3.63) is 6.07 Å². The zero-order valence-corrected chi connectivity index (χ0v) is 11.0. The molecule has 1 aliphatic rings. The Morgan fingerprint density at radius 1 is 1.44 bits per heavy atom. The van der Waals surface area contributed by atoms with Crippen LogP contribution in [0.1, 0.15) is 12.8 Å². The molecule has 0 bridgehead atoms. The summed E-state index contributed by atoms with van der Waals surface area (Å²) in [5.74, 6) is 2.64. The number of nitrogen functional groups attached to an aromatic ring is 1. The second-order valence-corrected chi connectivity index (χ2v) is 4.61. The molecule has 0 amide bonds. The minimum atomic E-state index is 0.316. The van der Waals surface area contributed by atoms with Crippen molar-refractivity contribution < 1.29 is 4.74 Å². The van der Waals surface area contributed by atoms with Crippen LogP contribution in [0.3, 0.4) is 0 Å². The van der Waals surface area contributed by atoms with Crippen LogP contribution in [-0.2, 0) is 4.74 Å². The van der Waals surface area contributed by atoms with Gasteiger partial charge in [-0.15, -0.1) is 0 Å². The Morgan fingerprint density at radius 3 is 2.78 bits per heavy atom. The molecule has 2 rings (SSSR count). The van der Waals surface area contributed by atoms with Crippen molar-refractivity contribution in [3.8, 4) is 0 Å². The van der Waals surface area contributed by atoms with Crippen LogP contribution in [-0.4, -0.2) is 43.8 Å². The molecule has 100 valence electrons. The van der Waals surface area contributed by atoms with Gasteiger partial charge in [-0.3, -0.25) is 0 Å². The molecule has 1 saturated heterocycles. The van der Waals surface area contributed by atoms with Gasteiger partial charge < -0.3 is 20.7 Å². The Bertz CT molecular complexity index is 390. The van der Waals surface area contributed by atoms with Crippen molar-refractivity contribution in [1.82, 2.24) is 9.97 Å². The number of rotatable bonds is 4. The number of nitrogens with zero attached hydrogens (tertiary/aromatic N) is 3. The highest BCUT2D eigenvalue weighted by atomic mass is 16.5. The highest BCUT2D eigenvalue weighted by molar-refractivity contribution is 5.52. The fourth-order valence-corrected chi connectivity index (χ4v) is 2.31. The predicted molar refractivity (Wildman–Crippen MR) is 72.8 cm³/mol. The first kappa shape index (κ1) is 12.9. The number of nitrogens with two attached hydrogens (primary N) is 1. The first-order chi connectivity index (χ1) is 8.72. The summed E-state index contributed by atoms with van der Waals surface area (Å²) in [6.07, 6.45) is 2.26. The number of hydrogen-bond donors (Lipinski definition) is 2. The van der Waals surface area contributed by atoms with Crippen molar-refractivity contribution in [2.45, 2.75) is 12.8 Å². The highest BCUT2D eigenvalue weighted by Crippen LogP contribution is 2.23. The number of piperidine rings is 1. The lowest BCUT2D eigenvalue weighted by atomic mass is 9.98. The van der Waals surface area contributed by atoms with Gasteiger partial charge in [0.15, 0.2) is 0 Å². The summed E-state index contributed by atoms with van der Waals surface area (Å²) in [7, 11) is 3.59. The van der Waals surface area contributed by atoms with E-state index >= 15 is 0 Å². The van der Waals surface area contributed by atoms with E-state index in [0.717, 1.165) is 44.2 Å². The number of hydrogen-bond acceptors (Lipinski definition) is 6. The maximum atomic E-state index is 5.71. The fraction of sp³-hybridized carbons (Fsp3) is 0.667. The summed E-state index contributed by atoms with van der Waals surface area (Å²) in [6, 6.07) is 1.94. The largest absolute Gasteiger partial charge is 0.384 e. The van der Waals surface area contributed by atoms with Crippen LogP contribution in [0.4, 0.5) is 17.6 Å². The molecule has 0 aliphatic carbocycles. The van der Waals surface area contributed by atoms with Crippen molar-refractivity contribution >= 4 is 17.6 Å². The summed E-state index contributed by atoms with van der Waals surface area (Å²) in [5.41, 5.74) is 5.71. The molecule has 6 heteroatoms. The maximum absolute atomic E-state index is 5.71. The van der Waals surface area contributed by atoms with Crippen LogP contribution in [0.5, 0.6) is 0 Å². The van der Waals surface area contributed by atoms with Gasteiger partial charge in [-0.05, 0) is 18.8 Å². The molecule has 3 N–H and O–H groups in total. The zero-order chi connectivity index (χ0) is 13.0. The third-order valence-corrected chi connectivity index (χ3v) is 3.33. The lowest BCUT2D eigenvalue weighted by molar-refractivity contribution is 0.139. The Labute approximate surface area is 108 Å². The number of methoxy groups -OCH3 is 1. The number of ether oxygens (including phenoxy) is 1. The summed E-state index contributed by atoms with van der Waals surface area (Å²) < 4.78 is 5.20. The van der Waals surface area contributed by atoms with Crippen LogP contribution < -0.4 is 16.0 Å². The van der Waals surface area contributed by atoms with E-state index in [1.165, 1.54) is 0 Å². The number of anilines is 3. The van der Waals surface area contributed by atoms with E-state index in [0.29, 0.717) is 11.9 Å². The van der Waals surface area contributed by atoms with Gasteiger partial charge in [0.05, 0.1) is 0 Å². The summed E-state index contributed by atoms with van der Waals surface area (Å²) in [5, 5.41) is 3.00. The second-order valence-electron chi connectivity index (χ2n) is 4.61. The quantitative estimate of drug-likeness (QED) is 0.830. The maximum Gasteiger partial charge on any atom is 0.223 e. The van der Waals surface area contributed by atoms with E-state index in [1.807, 2.05) is 13.1 Å². The normalized spacial score (nSPS) is 16.9. The average molecular weight is 251 g/mol. The van der Waals surface area contributed by atoms with Gasteiger partial charge in [-0.1, -0.05) is 0 Å².